The first-order chi connectivity index (χ1) is 10.1. The molecule has 0 spiro atoms. The summed E-state index contributed by atoms with van der Waals surface area (Å²) >= 11 is 1.38. The molecule has 2 aromatic heterocycles. The molecule has 0 bridgehead atoms. The molecule has 6 heteroatoms. The Morgan fingerprint density at radius 1 is 1.57 bits per heavy atom. The molecule has 1 fully saturated rings. The van der Waals surface area contributed by atoms with Crippen LogP contribution in [0.15, 0.2) is 18.3 Å². The Hall–Kier alpha value is -1.66. The molecule has 0 aliphatic carbocycles. The second-order valence-corrected chi connectivity index (χ2v) is 6.67. The number of nitrogen functional groups attached to an aromatic ring is 1. The summed E-state index contributed by atoms with van der Waals surface area (Å²) in [4.78, 5) is 22.6. The molecule has 1 amide bonds. The lowest BCUT2D eigenvalue weighted by Crippen LogP contribution is -2.47. The minimum absolute atomic E-state index is 0.0100. The smallest absolute Gasteiger partial charge is 0.266 e. The van der Waals surface area contributed by atoms with Gasteiger partial charge >= 0.3 is 0 Å². The minimum atomic E-state index is 0.0100. The van der Waals surface area contributed by atoms with Gasteiger partial charge in [0.2, 0.25) is 0 Å². The van der Waals surface area contributed by atoms with Crippen molar-refractivity contribution in [2.45, 2.75) is 18.9 Å². The van der Waals surface area contributed by atoms with E-state index in [9.17, 15) is 4.79 Å². The Balaban J connectivity index is 1.87. The van der Waals surface area contributed by atoms with Gasteiger partial charge in [0.25, 0.3) is 5.91 Å². The molecule has 5 nitrogen and oxygen atoms in total. The molecule has 1 unspecified atom stereocenters. The average Bonchev–Trinajstić information content (AvgIpc) is 2.83. The summed E-state index contributed by atoms with van der Waals surface area (Å²) in [6.07, 6.45) is 3.91. The highest BCUT2D eigenvalue weighted by Gasteiger charge is 2.27. The zero-order valence-electron chi connectivity index (χ0n) is 12.4. The monoisotopic (exact) mass is 304 g/mol. The van der Waals surface area contributed by atoms with E-state index in [1.54, 1.807) is 6.20 Å². The van der Waals surface area contributed by atoms with Crippen LogP contribution in [0.1, 0.15) is 22.5 Å². The molecule has 0 saturated carbocycles. The zero-order chi connectivity index (χ0) is 15.0. The standard InChI is InChI=1S/C15H20N4OS/c1-18-8-4-5-10(9-18)19(2)15(20)13-12(16)11-6-3-7-17-14(11)21-13/h3,6-7,10H,4-5,8-9,16H2,1-2H3. The number of thiophene rings is 1. The molecular weight excluding hydrogens is 284 g/mol. The minimum Gasteiger partial charge on any atom is -0.397 e. The van der Waals surface area contributed by atoms with Crippen LogP contribution in [-0.2, 0) is 0 Å². The fourth-order valence-corrected chi connectivity index (χ4v) is 3.94. The van der Waals surface area contributed by atoms with E-state index in [1.165, 1.54) is 11.3 Å². The number of hydrogen-bond donors (Lipinski definition) is 1. The molecule has 0 aromatic carbocycles. The van der Waals surface area contributed by atoms with Crippen molar-refractivity contribution in [2.24, 2.45) is 0 Å². The SMILES string of the molecule is CN1CCCC(N(C)C(=O)c2sc3ncccc3c2N)C1. The summed E-state index contributed by atoms with van der Waals surface area (Å²) in [5.74, 6) is 0.0100. The first kappa shape index (κ1) is 14.3. The van der Waals surface area contributed by atoms with Crippen molar-refractivity contribution in [1.82, 2.24) is 14.8 Å². The number of fused-ring (bicyclic) bond motifs is 1. The molecule has 1 aliphatic heterocycles. The topological polar surface area (TPSA) is 62.5 Å². The van der Waals surface area contributed by atoms with Crippen molar-refractivity contribution in [3.8, 4) is 0 Å². The third-order valence-electron chi connectivity index (χ3n) is 4.17. The van der Waals surface area contributed by atoms with Gasteiger partial charge in [-0.1, -0.05) is 0 Å². The summed E-state index contributed by atoms with van der Waals surface area (Å²) in [5, 5.41) is 0.875. The van der Waals surface area contributed by atoms with Crippen molar-refractivity contribution in [2.75, 3.05) is 32.9 Å². The van der Waals surface area contributed by atoms with Crippen molar-refractivity contribution in [1.29, 1.82) is 0 Å². The van der Waals surface area contributed by atoms with Gasteiger partial charge in [-0.3, -0.25) is 4.79 Å². The van der Waals surface area contributed by atoms with Gasteiger partial charge in [0, 0.05) is 31.2 Å². The third-order valence-corrected chi connectivity index (χ3v) is 5.28. The Morgan fingerprint density at radius 2 is 2.38 bits per heavy atom. The van der Waals surface area contributed by atoms with Crippen LogP contribution in [0.25, 0.3) is 10.2 Å². The summed E-state index contributed by atoms with van der Waals surface area (Å²) in [7, 11) is 3.98. The molecule has 0 radical (unpaired) electrons. The summed E-state index contributed by atoms with van der Waals surface area (Å²) in [6, 6.07) is 4.02. The summed E-state index contributed by atoms with van der Waals surface area (Å²) in [6.45, 7) is 2.03. The molecule has 2 N–H and O–H groups in total. The maximum atomic E-state index is 12.8. The van der Waals surface area contributed by atoms with E-state index in [2.05, 4.69) is 16.9 Å². The number of likely N-dealkylation sites (tertiary alicyclic amines) is 1. The lowest BCUT2D eigenvalue weighted by atomic mass is 10.0. The Morgan fingerprint density at radius 3 is 3.10 bits per heavy atom. The Labute approximate surface area is 128 Å². The van der Waals surface area contributed by atoms with Crippen LogP contribution in [0.4, 0.5) is 5.69 Å². The lowest BCUT2D eigenvalue weighted by Gasteiger charge is -2.35. The first-order valence-electron chi connectivity index (χ1n) is 7.16. The van der Waals surface area contributed by atoms with E-state index in [-0.39, 0.29) is 11.9 Å². The number of rotatable bonds is 2. The van der Waals surface area contributed by atoms with Crippen LogP contribution in [0.2, 0.25) is 0 Å². The fourth-order valence-electron chi connectivity index (χ4n) is 2.89. The van der Waals surface area contributed by atoms with Crippen LogP contribution >= 0.6 is 11.3 Å². The maximum Gasteiger partial charge on any atom is 0.266 e. The van der Waals surface area contributed by atoms with Gasteiger partial charge in [-0.25, -0.2) is 4.98 Å². The van der Waals surface area contributed by atoms with Gasteiger partial charge in [-0.15, -0.1) is 11.3 Å². The van der Waals surface area contributed by atoms with Gasteiger partial charge in [0.1, 0.15) is 9.71 Å². The number of carbonyl (C=O) groups excluding carboxylic acids is 1. The number of likely N-dealkylation sites (N-methyl/N-ethyl adjacent to an activating group) is 2. The van der Waals surface area contributed by atoms with Crippen LogP contribution in [-0.4, -0.2) is 53.9 Å². The molecule has 3 heterocycles. The van der Waals surface area contributed by atoms with Gasteiger partial charge in [-0.2, -0.15) is 0 Å². The number of nitrogens with zero attached hydrogens (tertiary/aromatic N) is 3. The summed E-state index contributed by atoms with van der Waals surface area (Å²) < 4.78 is 0. The van der Waals surface area contributed by atoms with Gasteiger partial charge in [0.15, 0.2) is 0 Å². The quantitative estimate of drug-likeness (QED) is 0.922. The molecule has 3 rings (SSSR count). The van der Waals surface area contributed by atoms with E-state index in [0.717, 1.165) is 36.1 Å². The highest BCUT2D eigenvalue weighted by Crippen LogP contribution is 2.33. The molecular formula is C15H20N4OS. The Kier molecular flexibility index (Phi) is 3.82. The van der Waals surface area contributed by atoms with E-state index in [1.807, 2.05) is 24.1 Å². The molecule has 1 saturated heterocycles. The second-order valence-electron chi connectivity index (χ2n) is 5.68. The van der Waals surface area contributed by atoms with Gasteiger partial charge in [-0.05, 0) is 38.6 Å². The lowest BCUT2D eigenvalue weighted by molar-refractivity contribution is 0.0650. The van der Waals surface area contributed by atoms with Crippen LogP contribution in [0, 0.1) is 0 Å². The van der Waals surface area contributed by atoms with Gasteiger partial charge < -0.3 is 15.5 Å². The average molecular weight is 304 g/mol. The predicted octanol–water partition coefficient (Wildman–Crippen LogP) is 2.04. The largest absolute Gasteiger partial charge is 0.397 e. The number of nitrogens with two attached hydrogens (primary N) is 1. The third kappa shape index (κ3) is 2.61. The predicted molar refractivity (Wildman–Crippen MR) is 86.6 cm³/mol. The maximum absolute atomic E-state index is 12.8. The van der Waals surface area contributed by atoms with Crippen molar-refractivity contribution < 1.29 is 4.79 Å². The van der Waals surface area contributed by atoms with Gasteiger partial charge in [0.05, 0.1) is 5.69 Å². The molecule has 112 valence electrons. The highest BCUT2D eigenvalue weighted by molar-refractivity contribution is 7.21. The molecule has 21 heavy (non-hydrogen) atoms. The number of piperidine rings is 1. The number of pyridine rings is 1. The molecule has 1 aliphatic rings. The van der Waals surface area contributed by atoms with Crippen LogP contribution < -0.4 is 5.73 Å². The molecule has 2 aromatic rings. The molecule has 1 atom stereocenters. The van der Waals surface area contributed by atoms with E-state index < -0.39 is 0 Å². The Bertz CT molecular complexity index is 669. The number of carbonyl (C=O) groups is 1. The van der Waals surface area contributed by atoms with Crippen molar-refractivity contribution >= 4 is 33.1 Å². The van der Waals surface area contributed by atoms with Crippen LogP contribution in [0.3, 0.4) is 0 Å². The van der Waals surface area contributed by atoms with E-state index in [0.29, 0.717) is 10.6 Å². The highest BCUT2D eigenvalue weighted by atomic mass is 32.1. The fraction of sp³-hybridized carbons (Fsp3) is 0.467. The summed E-state index contributed by atoms with van der Waals surface area (Å²) in [5.41, 5.74) is 6.71. The number of hydrogen-bond acceptors (Lipinski definition) is 5. The second kappa shape index (κ2) is 5.61. The van der Waals surface area contributed by atoms with Crippen molar-refractivity contribution in [3.63, 3.8) is 0 Å². The normalized spacial score (nSPS) is 19.8. The van der Waals surface area contributed by atoms with E-state index in [4.69, 9.17) is 5.73 Å². The van der Waals surface area contributed by atoms with Crippen LogP contribution in [0.5, 0.6) is 0 Å². The van der Waals surface area contributed by atoms with Crippen molar-refractivity contribution in [3.05, 3.63) is 23.2 Å². The van der Waals surface area contributed by atoms with E-state index >= 15 is 0 Å². The first-order valence-corrected chi connectivity index (χ1v) is 7.98. The number of anilines is 1. The number of amides is 1. The number of aromatic nitrogens is 1. The zero-order valence-corrected chi connectivity index (χ0v) is 13.2.